The zero-order valence-electron chi connectivity index (χ0n) is 7.29. The molecule has 0 atom stereocenters. The van der Waals surface area contributed by atoms with Crippen LogP contribution in [0.15, 0.2) is 0 Å². The van der Waals surface area contributed by atoms with Gasteiger partial charge in [0, 0.05) is 0 Å². The third-order valence-corrected chi connectivity index (χ3v) is 5.07. The van der Waals surface area contributed by atoms with Crippen molar-refractivity contribution in [2.45, 2.75) is 17.7 Å². The first-order valence-corrected chi connectivity index (χ1v) is 6.77. The molecular weight excluding hydrogens is 223 g/mol. The average Bonchev–Trinajstić information content (AvgIpc) is 2.08. The average molecular weight is 238 g/mol. The van der Waals surface area contributed by atoms with Crippen LogP contribution in [0.2, 0.25) is 11.3 Å². The first-order chi connectivity index (χ1) is 5.24. The molecule has 0 bridgehead atoms. The molecule has 11 heavy (non-hydrogen) atoms. The molecule has 5 heteroatoms. The maximum absolute atomic E-state index is 5.23. The Balaban J connectivity index is 3.84. The van der Waals surface area contributed by atoms with Crippen molar-refractivity contribution in [3.63, 3.8) is 0 Å². The van der Waals surface area contributed by atoms with Crippen LogP contribution in [0, 0.1) is 0 Å². The number of hydrogen-bond donors (Lipinski definition) is 0. The van der Waals surface area contributed by atoms with Crippen molar-refractivity contribution >= 4 is 25.7 Å². The van der Waals surface area contributed by atoms with Crippen LogP contribution in [0.5, 0.6) is 0 Å². The van der Waals surface area contributed by atoms with Crippen LogP contribution in [-0.2, 0) is 13.3 Å². The summed E-state index contributed by atoms with van der Waals surface area (Å²) < 4.78 is 15.7. The van der Waals surface area contributed by atoms with E-state index in [9.17, 15) is 0 Å². The van der Waals surface area contributed by atoms with E-state index in [1.807, 2.05) is 0 Å². The van der Waals surface area contributed by atoms with E-state index in [1.165, 1.54) is 0 Å². The van der Waals surface area contributed by atoms with Crippen molar-refractivity contribution in [2.24, 2.45) is 0 Å². The predicted octanol–water partition coefficient (Wildman–Crippen LogP) is 0.841. The van der Waals surface area contributed by atoms with Crippen molar-refractivity contribution in [2.75, 3.05) is 21.3 Å². The summed E-state index contributed by atoms with van der Waals surface area (Å²) in [6.45, 7) is 0. The molecule has 0 aliphatic rings. The summed E-state index contributed by atoms with van der Waals surface area (Å²) >= 11 is 2.54. The molecule has 0 aliphatic heterocycles. The molecule has 0 aliphatic carbocycles. The summed E-state index contributed by atoms with van der Waals surface area (Å²) in [4.78, 5) is 0. The minimum atomic E-state index is -2.25. The Labute approximate surface area is 78.3 Å². The molecular formula is C6H15AsO3Si. The molecule has 0 unspecified atom stereocenters. The fourth-order valence-electron chi connectivity index (χ4n) is 0.852. The molecule has 0 rings (SSSR count). The van der Waals surface area contributed by atoms with Gasteiger partial charge in [-0.05, 0) is 0 Å². The SMILES string of the molecule is CO[Si](CCC[As])(OC)OC. The van der Waals surface area contributed by atoms with Crippen molar-refractivity contribution < 1.29 is 13.3 Å². The Morgan fingerprint density at radius 3 is 1.82 bits per heavy atom. The van der Waals surface area contributed by atoms with E-state index in [0.29, 0.717) is 0 Å². The summed E-state index contributed by atoms with van der Waals surface area (Å²) in [7, 11) is 2.68. The second-order valence-electron chi connectivity index (χ2n) is 2.12. The Hall–Kier alpha value is 0.655. The number of rotatable bonds is 6. The van der Waals surface area contributed by atoms with Gasteiger partial charge in [-0.1, -0.05) is 0 Å². The van der Waals surface area contributed by atoms with E-state index < -0.39 is 8.80 Å². The van der Waals surface area contributed by atoms with E-state index in [4.69, 9.17) is 13.3 Å². The van der Waals surface area contributed by atoms with E-state index in [1.54, 1.807) is 21.3 Å². The summed E-state index contributed by atoms with van der Waals surface area (Å²) in [6.07, 6.45) is 1.07. The first-order valence-electron chi connectivity index (χ1n) is 3.51. The molecule has 0 N–H and O–H groups in total. The molecule has 0 aromatic carbocycles. The first kappa shape index (κ1) is 11.7. The van der Waals surface area contributed by atoms with Gasteiger partial charge in [0.05, 0.1) is 0 Å². The molecule has 0 heterocycles. The Kier molecular flexibility index (Phi) is 6.57. The van der Waals surface area contributed by atoms with Gasteiger partial charge < -0.3 is 0 Å². The van der Waals surface area contributed by atoms with Crippen molar-refractivity contribution in [1.82, 2.24) is 0 Å². The molecule has 0 saturated carbocycles. The Morgan fingerprint density at radius 2 is 1.55 bits per heavy atom. The van der Waals surface area contributed by atoms with E-state index in [0.717, 1.165) is 17.7 Å². The van der Waals surface area contributed by atoms with Crippen LogP contribution in [-0.4, -0.2) is 47.0 Å². The van der Waals surface area contributed by atoms with Gasteiger partial charge in [-0.3, -0.25) is 0 Å². The van der Waals surface area contributed by atoms with Gasteiger partial charge in [0.25, 0.3) is 0 Å². The van der Waals surface area contributed by atoms with E-state index >= 15 is 0 Å². The van der Waals surface area contributed by atoms with Crippen LogP contribution >= 0.6 is 0 Å². The van der Waals surface area contributed by atoms with Crippen LogP contribution < -0.4 is 0 Å². The van der Waals surface area contributed by atoms with Crippen LogP contribution in [0.25, 0.3) is 0 Å². The van der Waals surface area contributed by atoms with Crippen LogP contribution in [0.1, 0.15) is 6.42 Å². The van der Waals surface area contributed by atoms with Gasteiger partial charge in [-0.15, -0.1) is 0 Å². The monoisotopic (exact) mass is 238 g/mol. The summed E-state index contributed by atoms with van der Waals surface area (Å²) in [5, 5.41) is 1.08. The normalized spacial score (nSPS) is 12.0. The number of hydrogen-bond acceptors (Lipinski definition) is 3. The minimum absolute atomic E-state index is 0.894. The van der Waals surface area contributed by atoms with Crippen LogP contribution in [0.4, 0.5) is 0 Å². The second-order valence-corrected chi connectivity index (χ2v) is 6.15. The quantitative estimate of drug-likeness (QED) is 0.642. The second kappa shape index (κ2) is 6.20. The molecule has 0 aromatic heterocycles. The zero-order chi connectivity index (χ0) is 8.74. The maximum atomic E-state index is 5.23. The van der Waals surface area contributed by atoms with Crippen molar-refractivity contribution in [3.05, 3.63) is 0 Å². The standard InChI is InChI=1S/C6H15AsO3Si/c1-8-11(9-2,10-3)6-4-5-7/h4-6H2,1-3H3. The van der Waals surface area contributed by atoms with Gasteiger partial charge >= 0.3 is 77.9 Å². The molecule has 0 spiro atoms. The third-order valence-electron chi connectivity index (χ3n) is 1.57. The van der Waals surface area contributed by atoms with E-state index in [-0.39, 0.29) is 0 Å². The summed E-state index contributed by atoms with van der Waals surface area (Å²) in [5.41, 5.74) is 0. The Bertz CT molecular complexity index is 89.6. The van der Waals surface area contributed by atoms with Crippen LogP contribution in [0.3, 0.4) is 0 Å². The fraction of sp³-hybridized carbons (Fsp3) is 1.00. The Morgan fingerprint density at radius 1 is 1.09 bits per heavy atom. The van der Waals surface area contributed by atoms with Gasteiger partial charge in [0.15, 0.2) is 0 Å². The summed E-state index contributed by atoms with van der Waals surface area (Å²) in [5.74, 6) is 0. The van der Waals surface area contributed by atoms with Gasteiger partial charge in [0.1, 0.15) is 0 Å². The fourth-order valence-corrected chi connectivity index (χ4v) is 3.55. The third kappa shape index (κ3) is 3.72. The van der Waals surface area contributed by atoms with E-state index in [2.05, 4.69) is 16.9 Å². The molecule has 66 valence electrons. The molecule has 3 nitrogen and oxygen atoms in total. The molecule has 0 saturated heterocycles. The van der Waals surface area contributed by atoms with Gasteiger partial charge in [-0.25, -0.2) is 0 Å². The molecule has 0 aromatic rings. The van der Waals surface area contributed by atoms with Crippen molar-refractivity contribution in [3.8, 4) is 0 Å². The summed E-state index contributed by atoms with van der Waals surface area (Å²) in [6, 6.07) is 0.894. The predicted molar refractivity (Wildman–Crippen MR) is 46.8 cm³/mol. The zero-order valence-corrected chi connectivity index (χ0v) is 10.2. The van der Waals surface area contributed by atoms with Crippen molar-refractivity contribution in [1.29, 1.82) is 0 Å². The van der Waals surface area contributed by atoms with Gasteiger partial charge in [-0.2, -0.15) is 0 Å². The van der Waals surface area contributed by atoms with Gasteiger partial charge in [0.2, 0.25) is 0 Å². The molecule has 0 fully saturated rings. The molecule has 0 amide bonds. The molecule has 2 radical (unpaired) electrons. The topological polar surface area (TPSA) is 27.7 Å².